The van der Waals surface area contributed by atoms with Crippen molar-refractivity contribution in [2.75, 3.05) is 13.2 Å². The van der Waals surface area contributed by atoms with E-state index in [1.165, 1.54) is 31.2 Å². The lowest BCUT2D eigenvalue weighted by Gasteiger charge is -2.39. The Kier molecular flexibility index (Phi) is 5.99. The third-order valence-corrected chi connectivity index (χ3v) is 4.61. The summed E-state index contributed by atoms with van der Waals surface area (Å²) in [5, 5.41) is 0. The molecule has 1 aromatic rings. The Balaban J connectivity index is 1.78. The van der Waals surface area contributed by atoms with Gasteiger partial charge in [0.05, 0.1) is 12.2 Å². The molecule has 0 aromatic carbocycles. The lowest BCUT2D eigenvalue weighted by Crippen LogP contribution is -2.44. The Bertz CT molecular complexity index is 372. The zero-order chi connectivity index (χ0) is 14.3. The van der Waals surface area contributed by atoms with Gasteiger partial charge in [-0.15, -0.1) is 0 Å². The number of rotatable bonds is 7. The molecule has 1 aromatic heterocycles. The fourth-order valence-corrected chi connectivity index (χ4v) is 3.24. The SMILES string of the molecule is CCCC1CCC(CN)(OCCc2cccnc2)CC1. The molecule has 0 saturated heterocycles. The molecule has 0 atom stereocenters. The molecule has 1 fully saturated rings. The second kappa shape index (κ2) is 7.75. The van der Waals surface area contributed by atoms with Crippen molar-refractivity contribution in [1.82, 2.24) is 4.98 Å². The van der Waals surface area contributed by atoms with Gasteiger partial charge in [-0.1, -0.05) is 25.8 Å². The smallest absolute Gasteiger partial charge is 0.0804 e. The second-order valence-corrected chi connectivity index (χ2v) is 6.08. The maximum absolute atomic E-state index is 6.20. The van der Waals surface area contributed by atoms with Crippen molar-refractivity contribution in [2.24, 2.45) is 11.7 Å². The van der Waals surface area contributed by atoms with Gasteiger partial charge in [0, 0.05) is 18.9 Å². The number of hydrogen-bond acceptors (Lipinski definition) is 3. The predicted octanol–water partition coefficient (Wildman–Crippen LogP) is 3.33. The van der Waals surface area contributed by atoms with Crippen LogP contribution in [0.1, 0.15) is 51.0 Å². The van der Waals surface area contributed by atoms with Crippen LogP contribution in [0.25, 0.3) is 0 Å². The molecule has 2 N–H and O–H groups in total. The van der Waals surface area contributed by atoms with Crippen molar-refractivity contribution in [3.05, 3.63) is 30.1 Å². The van der Waals surface area contributed by atoms with Gasteiger partial charge >= 0.3 is 0 Å². The van der Waals surface area contributed by atoms with E-state index in [1.54, 1.807) is 6.20 Å². The van der Waals surface area contributed by atoms with Crippen LogP contribution in [0.15, 0.2) is 24.5 Å². The molecule has 2 rings (SSSR count). The van der Waals surface area contributed by atoms with E-state index in [-0.39, 0.29) is 5.60 Å². The maximum Gasteiger partial charge on any atom is 0.0804 e. The first-order chi connectivity index (χ1) is 9.78. The van der Waals surface area contributed by atoms with E-state index in [0.717, 1.165) is 31.8 Å². The van der Waals surface area contributed by atoms with Crippen molar-refractivity contribution >= 4 is 0 Å². The van der Waals surface area contributed by atoms with Gasteiger partial charge in [0.1, 0.15) is 0 Å². The number of hydrogen-bond donors (Lipinski definition) is 1. The van der Waals surface area contributed by atoms with Gasteiger partial charge in [-0.2, -0.15) is 0 Å². The van der Waals surface area contributed by atoms with Gasteiger partial charge in [0.2, 0.25) is 0 Å². The predicted molar refractivity (Wildman–Crippen MR) is 82.5 cm³/mol. The summed E-state index contributed by atoms with van der Waals surface area (Å²) in [6.45, 7) is 3.68. The summed E-state index contributed by atoms with van der Waals surface area (Å²) in [6.07, 6.45) is 12.1. The summed E-state index contributed by atoms with van der Waals surface area (Å²) in [5.41, 5.74) is 7.17. The normalized spacial score (nSPS) is 26.6. The van der Waals surface area contributed by atoms with Gasteiger partial charge < -0.3 is 10.5 Å². The fraction of sp³-hybridized carbons (Fsp3) is 0.706. The zero-order valence-corrected chi connectivity index (χ0v) is 12.7. The van der Waals surface area contributed by atoms with Gasteiger partial charge in [0.15, 0.2) is 0 Å². The minimum atomic E-state index is -0.0630. The quantitative estimate of drug-likeness (QED) is 0.831. The molecule has 1 aliphatic carbocycles. The molecule has 1 aliphatic rings. The highest BCUT2D eigenvalue weighted by Gasteiger charge is 2.34. The summed E-state index contributed by atoms with van der Waals surface area (Å²) in [7, 11) is 0. The molecular weight excluding hydrogens is 248 g/mol. The summed E-state index contributed by atoms with van der Waals surface area (Å²) >= 11 is 0. The van der Waals surface area contributed by atoms with E-state index in [1.807, 2.05) is 12.3 Å². The van der Waals surface area contributed by atoms with Crippen LogP contribution in [-0.4, -0.2) is 23.7 Å². The Morgan fingerprint density at radius 2 is 2.20 bits per heavy atom. The molecule has 0 aliphatic heterocycles. The molecule has 0 radical (unpaired) electrons. The van der Waals surface area contributed by atoms with Crippen molar-refractivity contribution in [3.63, 3.8) is 0 Å². The van der Waals surface area contributed by atoms with E-state index in [9.17, 15) is 0 Å². The topological polar surface area (TPSA) is 48.1 Å². The molecule has 0 spiro atoms. The van der Waals surface area contributed by atoms with Crippen molar-refractivity contribution in [1.29, 1.82) is 0 Å². The molecular formula is C17H28N2O. The molecule has 3 heteroatoms. The Morgan fingerprint density at radius 1 is 1.40 bits per heavy atom. The van der Waals surface area contributed by atoms with Crippen LogP contribution < -0.4 is 5.73 Å². The van der Waals surface area contributed by atoms with E-state index in [0.29, 0.717) is 6.54 Å². The lowest BCUT2D eigenvalue weighted by molar-refractivity contribution is -0.0706. The van der Waals surface area contributed by atoms with Crippen LogP contribution in [0.5, 0.6) is 0 Å². The fourth-order valence-electron chi connectivity index (χ4n) is 3.24. The summed E-state index contributed by atoms with van der Waals surface area (Å²) in [6, 6.07) is 4.08. The number of nitrogens with two attached hydrogens (primary N) is 1. The highest BCUT2D eigenvalue weighted by atomic mass is 16.5. The van der Waals surface area contributed by atoms with Gasteiger partial charge in [-0.25, -0.2) is 0 Å². The zero-order valence-electron chi connectivity index (χ0n) is 12.7. The van der Waals surface area contributed by atoms with Crippen LogP contribution in [0.4, 0.5) is 0 Å². The highest BCUT2D eigenvalue weighted by Crippen LogP contribution is 2.36. The summed E-state index contributed by atoms with van der Waals surface area (Å²) < 4.78 is 6.20. The Hall–Kier alpha value is -0.930. The number of ether oxygens (including phenoxy) is 1. The molecule has 3 nitrogen and oxygen atoms in total. The van der Waals surface area contributed by atoms with Crippen LogP contribution in [0.2, 0.25) is 0 Å². The molecule has 20 heavy (non-hydrogen) atoms. The van der Waals surface area contributed by atoms with Gasteiger partial charge in [0.25, 0.3) is 0 Å². The summed E-state index contributed by atoms with van der Waals surface area (Å²) in [4.78, 5) is 4.14. The number of aromatic nitrogens is 1. The molecule has 1 saturated carbocycles. The third-order valence-electron chi connectivity index (χ3n) is 4.61. The van der Waals surface area contributed by atoms with Crippen LogP contribution >= 0.6 is 0 Å². The van der Waals surface area contributed by atoms with Crippen molar-refractivity contribution < 1.29 is 4.74 Å². The molecule has 0 bridgehead atoms. The highest BCUT2D eigenvalue weighted by molar-refractivity contribution is 5.08. The molecule has 0 unspecified atom stereocenters. The van der Waals surface area contributed by atoms with Crippen molar-refractivity contribution in [3.8, 4) is 0 Å². The van der Waals surface area contributed by atoms with Gasteiger partial charge in [-0.3, -0.25) is 4.98 Å². The maximum atomic E-state index is 6.20. The first-order valence-electron chi connectivity index (χ1n) is 8.01. The second-order valence-electron chi connectivity index (χ2n) is 6.08. The first-order valence-corrected chi connectivity index (χ1v) is 8.01. The third kappa shape index (κ3) is 4.29. The Labute approximate surface area is 122 Å². The number of pyridine rings is 1. The van der Waals surface area contributed by atoms with Crippen LogP contribution in [0, 0.1) is 5.92 Å². The van der Waals surface area contributed by atoms with Crippen molar-refractivity contribution in [2.45, 2.75) is 57.5 Å². The lowest BCUT2D eigenvalue weighted by atomic mass is 9.77. The summed E-state index contributed by atoms with van der Waals surface area (Å²) in [5.74, 6) is 0.890. The first kappa shape index (κ1) is 15.5. The van der Waals surface area contributed by atoms with Crippen LogP contribution in [0.3, 0.4) is 0 Å². The number of nitrogens with zero attached hydrogens (tertiary/aromatic N) is 1. The van der Waals surface area contributed by atoms with Crippen LogP contribution in [-0.2, 0) is 11.2 Å². The van der Waals surface area contributed by atoms with E-state index < -0.39 is 0 Å². The largest absolute Gasteiger partial charge is 0.373 e. The molecule has 1 heterocycles. The average molecular weight is 276 g/mol. The standard InChI is InChI=1S/C17H28N2O/c1-2-4-15-6-9-17(14-18,10-7-15)20-12-8-16-5-3-11-19-13-16/h3,5,11,13,15H,2,4,6-10,12,14,18H2,1H3. The molecule has 112 valence electrons. The van der Waals surface area contributed by atoms with E-state index in [2.05, 4.69) is 18.0 Å². The minimum absolute atomic E-state index is 0.0630. The Morgan fingerprint density at radius 3 is 2.80 bits per heavy atom. The molecule has 0 amide bonds. The minimum Gasteiger partial charge on any atom is -0.373 e. The van der Waals surface area contributed by atoms with E-state index in [4.69, 9.17) is 10.5 Å². The van der Waals surface area contributed by atoms with E-state index >= 15 is 0 Å². The average Bonchev–Trinajstić information content (AvgIpc) is 2.51. The van der Waals surface area contributed by atoms with Gasteiger partial charge in [-0.05, 0) is 49.7 Å². The monoisotopic (exact) mass is 276 g/mol.